The third-order valence-corrected chi connectivity index (χ3v) is 4.97. The topological polar surface area (TPSA) is 44.8 Å². The van der Waals surface area contributed by atoms with E-state index < -0.39 is 6.61 Å². The summed E-state index contributed by atoms with van der Waals surface area (Å²) in [5.41, 5.74) is 0.944. The number of carbonyl (C=O) groups is 1. The monoisotopic (exact) mass is 367 g/mol. The van der Waals surface area contributed by atoms with Crippen LogP contribution in [-0.2, 0) is 11.3 Å². The molecule has 1 saturated heterocycles. The molecule has 1 aromatic carbocycles. The number of ether oxygens (including phenoxy) is 1. The zero-order valence-electron chi connectivity index (χ0n) is 15.2. The van der Waals surface area contributed by atoms with Gasteiger partial charge in [-0.15, -0.1) is 0 Å². The van der Waals surface area contributed by atoms with Crippen molar-refractivity contribution in [3.63, 3.8) is 0 Å². The van der Waals surface area contributed by atoms with Gasteiger partial charge in [-0.2, -0.15) is 8.78 Å². The van der Waals surface area contributed by atoms with Crippen LogP contribution in [0.4, 0.5) is 8.78 Å². The average Bonchev–Trinajstić information content (AvgIpc) is 3.41. The van der Waals surface area contributed by atoms with Crippen molar-refractivity contribution >= 4 is 5.91 Å². The third-order valence-electron chi connectivity index (χ3n) is 4.97. The molecule has 5 nitrogen and oxygen atoms in total. The Balaban J connectivity index is 1.37. The van der Waals surface area contributed by atoms with Gasteiger partial charge in [-0.25, -0.2) is 0 Å². The van der Waals surface area contributed by atoms with Crippen LogP contribution in [0.1, 0.15) is 31.2 Å². The van der Waals surface area contributed by atoms with Crippen molar-refractivity contribution < 1.29 is 18.3 Å². The number of hydrogen-bond acceptors (Lipinski definition) is 4. The predicted molar refractivity (Wildman–Crippen MR) is 95.2 cm³/mol. The van der Waals surface area contributed by atoms with Crippen molar-refractivity contribution in [2.45, 2.75) is 50.9 Å². The van der Waals surface area contributed by atoms with Crippen molar-refractivity contribution in [2.24, 2.45) is 0 Å². The molecule has 1 amide bonds. The number of nitrogens with zero attached hydrogens (tertiary/aromatic N) is 2. The zero-order chi connectivity index (χ0) is 18.5. The van der Waals surface area contributed by atoms with Gasteiger partial charge in [-0.05, 0) is 50.4 Å². The summed E-state index contributed by atoms with van der Waals surface area (Å²) in [6.45, 7) is 0.237. The van der Waals surface area contributed by atoms with E-state index in [9.17, 15) is 13.6 Å². The third kappa shape index (κ3) is 5.92. The van der Waals surface area contributed by atoms with Gasteiger partial charge >= 0.3 is 6.61 Å². The predicted octanol–water partition coefficient (Wildman–Crippen LogP) is 2.46. The maximum atomic E-state index is 12.2. The van der Waals surface area contributed by atoms with E-state index >= 15 is 0 Å². The van der Waals surface area contributed by atoms with Gasteiger partial charge in [-0.3, -0.25) is 9.69 Å². The molecule has 0 atom stereocenters. The summed E-state index contributed by atoms with van der Waals surface area (Å²) in [6, 6.07) is 7.58. The minimum absolute atomic E-state index is 0.0371. The molecule has 7 heteroatoms. The summed E-state index contributed by atoms with van der Waals surface area (Å²) in [6.07, 6.45) is 4.71. The highest BCUT2D eigenvalue weighted by molar-refractivity contribution is 5.78. The summed E-state index contributed by atoms with van der Waals surface area (Å²) in [7, 11) is 1.87. The number of hydrogen-bond donors (Lipinski definition) is 1. The molecule has 0 radical (unpaired) electrons. The molecular weight excluding hydrogens is 340 g/mol. The molecule has 0 unspecified atom stereocenters. The number of benzene rings is 1. The Morgan fingerprint density at radius 1 is 1.23 bits per heavy atom. The Morgan fingerprint density at radius 3 is 2.46 bits per heavy atom. The lowest BCUT2D eigenvalue weighted by atomic mass is 10.0. The maximum Gasteiger partial charge on any atom is 0.387 e. The van der Waals surface area contributed by atoms with Gasteiger partial charge < -0.3 is 15.0 Å². The van der Waals surface area contributed by atoms with Gasteiger partial charge in [0.25, 0.3) is 0 Å². The zero-order valence-corrected chi connectivity index (χ0v) is 15.2. The summed E-state index contributed by atoms with van der Waals surface area (Å²) < 4.78 is 28.6. The second-order valence-corrected chi connectivity index (χ2v) is 7.30. The van der Waals surface area contributed by atoms with E-state index in [-0.39, 0.29) is 17.7 Å². The van der Waals surface area contributed by atoms with Crippen molar-refractivity contribution in [3.8, 4) is 5.75 Å². The second-order valence-electron chi connectivity index (χ2n) is 7.30. The van der Waals surface area contributed by atoms with Crippen molar-refractivity contribution in [1.29, 1.82) is 0 Å². The maximum absolute atomic E-state index is 12.2. The lowest BCUT2D eigenvalue weighted by molar-refractivity contribution is -0.123. The number of carbonyl (C=O) groups excluding carboxylic acids is 1. The normalized spacial score (nSPS) is 19.1. The first-order valence-electron chi connectivity index (χ1n) is 9.25. The van der Waals surface area contributed by atoms with E-state index in [0.717, 1.165) is 37.5 Å². The van der Waals surface area contributed by atoms with Gasteiger partial charge in [0.1, 0.15) is 5.75 Å². The van der Waals surface area contributed by atoms with Gasteiger partial charge in [0, 0.05) is 31.7 Å². The van der Waals surface area contributed by atoms with Crippen molar-refractivity contribution in [1.82, 2.24) is 15.1 Å². The van der Waals surface area contributed by atoms with Crippen LogP contribution in [-0.4, -0.2) is 61.1 Å². The molecule has 2 fully saturated rings. The quantitative estimate of drug-likeness (QED) is 0.767. The number of nitrogens with one attached hydrogen (secondary N) is 1. The number of likely N-dealkylation sites (tertiary alicyclic amines) is 1. The number of alkyl halides is 2. The Labute approximate surface area is 153 Å². The largest absolute Gasteiger partial charge is 0.435 e. The minimum atomic E-state index is -2.82. The lowest BCUT2D eigenvalue weighted by Gasteiger charge is -2.32. The molecule has 1 heterocycles. The molecule has 1 aliphatic heterocycles. The molecular formula is C19H27F2N3O2. The van der Waals surface area contributed by atoms with Crippen LogP contribution in [0.3, 0.4) is 0 Å². The summed E-state index contributed by atoms with van der Waals surface area (Å²) in [4.78, 5) is 16.7. The number of likely N-dealkylation sites (N-methyl/N-ethyl adjacent to an activating group) is 1. The van der Waals surface area contributed by atoms with Gasteiger partial charge in [0.15, 0.2) is 0 Å². The molecule has 26 heavy (non-hydrogen) atoms. The van der Waals surface area contributed by atoms with Crippen LogP contribution >= 0.6 is 0 Å². The van der Waals surface area contributed by atoms with Crippen LogP contribution in [0.5, 0.6) is 5.75 Å². The molecule has 144 valence electrons. The molecule has 1 N–H and O–H groups in total. The molecule has 3 rings (SSSR count). The van der Waals surface area contributed by atoms with E-state index in [1.807, 2.05) is 11.9 Å². The number of halogens is 2. The van der Waals surface area contributed by atoms with Crippen LogP contribution in [0.2, 0.25) is 0 Å². The van der Waals surface area contributed by atoms with Crippen molar-refractivity contribution in [3.05, 3.63) is 29.8 Å². The number of piperidine rings is 1. The minimum Gasteiger partial charge on any atom is -0.435 e. The molecule has 1 saturated carbocycles. The lowest BCUT2D eigenvalue weighted by Crippen LogP contribution is -2.47. The Kier molecular flexibility index (Phi) is 6.43. The second kappa shape index (κ2) is 8.77. The molecule has 1 aliphatic carbocycles. The highest BCUT2D eigenvalue weighted by Gasteiger charge is 2.32. The molecule has 2 aliphatic rings. The summed E-state index contributed by atoms with van der Waals surface area (Å²) in [5, 5.41) is 3.14. The summed E-state index contributed by atoms with van der Waals surface area (Å²) >= 11 is 0. The van der Waals surface area contributed by atoms with Crippen LogP contribution in [0, 0.1) is 0 Å². The standard InChI is InChI=1S/C19H27F2N3O2/c1-23(12-14-2-6-17(7-3-14)26-19(20)21)13-18(25)22-15-8-10-24(11-9-15)16-4-5-16/h2-3,6-7,15-16,19H,4-5,8-13H2,1H3,(H,22,25). The molecule has 0 spiro atoms. The molecule has 0 bridgehead atoms. The Hall–Kier alpha value is -1.73. The van der Waals surface area contributed by atoms with Crippen LogP contribution in [0.25, 0.3) is 0 Å². The average molecular weight is 367 g/mol. The molecule has 0 aromatic heterocycles. The fourth-order valence-electron chi connectivity index (χ4n) is 3.51. The first-order chi connectivity index (χ1) is 12.5. The van der Waals surface area contributed by atoms with Crippen LogP contribution in [0.15, 0.2) is 24.3 Å². The fourth-order valence-corrected chi connectivity index (χ4v) is 3.51. The van der Waals surface area contributed by atoms with E-state index in [2.05, 4.69) is 15.0 Å². The van der Waals surface area contributed by atoms with Gasteiger partial charge in [0.2, 0.25) is 5.91 Å². The highest BCUT2D eigenvalue weighted by atomic mass is 19.3. The fraction of sp³-hybridized carbons (Fsp3) is 0.632. The van der Waals surface area contributed by atoms with E-state index in [0.29, 0.717) is 13.1 Å². The number of rotatable bonds is 8. The highest BCUT2D eigenvalue weighted by Crippen LogP contribution is 2.29. The first kappa shape index (κ1) is 19.0. The van der Waals surface area contributed by atoms with Crippen molar-refractivity contribution in [2.75, 3.05) is 26.7 Å². The van der Waals surface area contributed by atoms with E-state index in [1.165, 1.54) is 25.0 Å². The van der Waals surface area contributed by atoms with Gasteiger partial charge in [0.05, 0.1) is 6.54 Å². The Morgan fingerprint density at radius 2 is 1.88 bits per heavy atom. The molecule has 1 aromatic rings. The smallest absolute Gasteiger partial charge is 0.387 e. The number of amides is 1. The first-order valence-corrected chi connectivity index (χ1v) is 9.25. The van der Waals surface area contributed by atoms with Crippen LogP contribution < -0.4 is 10.1 Å². The summed E-state index contributed by atoms with van der Waals surface area (Å²) in [5.74, 6) is 0.178. The SMILES string of the molecule is CN(CC(=O)NC1CCN(C2CC2)CC1)Cc1ccc(OC(F)F)cc1. The van der Waals surface area contributed by atoms with E-state index in [4.69, 9.17) is 0 Å². The Bertz CT molecular complexity index is 585. The van der Waals surface area contributed by atoms with Gasteiger partial charge in [-0.1, -0.05) is 12.1 Å². The van der Waals surface area contributed by atoms with E-state index in [1.54, 1.807) is 12.1 Å².